The van der Waals surface area contributed by atoms with Gasteiger partial charge in [-0.05, 0) is 160 Å². The number of alkyl halides is 1. The second-order valence-electron chi connectivity index (χ2n) is 12.2. The van der Waals surface area contributed by atoms with Gasteiger partial charge in [0.25, 0.3) is 6.47 Å². The first kappa shape index (κ1) is 59.4. The fourth-order valence-electron chi connectivity index (χ4n) is 4.91. The molecule has 0 spiro atoms. The van der Waals surface area contributed by atoms with Crippen LogP contribution in [0.25, 0.3) is 18.2 Å². The molecule has 60 heavy (non-hydrogen) atoms. The Bertz CT molecular complexity index is 1870. The van der Waals surface area contributed by atoms with Gasteiger partial charge in [-0.3, -0.25) is 4.79 Å². The normalized spacial score (nSPS) is 9.57. The number of aryl methyl sites for hydroxylation is 3. The fraction of sp³-hybridized carbons (Fsp3) is 0.196. The summed E-state index contributed by atoms with van der Waals surface area (Å²) in [4.78, 5) is 11.2. The summed E-state index contributed by atoms with van der Waals surface area (Å²) in [6.07, 6.45) is 11.5. The number of carbonyl (C=O) groups excluding carboxylic acids is 1. The van der Waals surface area contributed by atoms with Crippen LogP contribution >= 0.6 is 75.3 Å². The number of aromatic hydroxyl groups is 2. The minimum absolute atomic E-state index is 0. The molecule has 0 unspecified atom stereocenters. The topological polar surface area (TPSA) is 108 Å². The molecule has 14 heteroatoms. The van der Waals surface area contributed by atoms with E-state index in [0.29, 0.717) is 22.2 Å². The molecule has 0 aliphatic rings. The maximum absolute atomic E-state index is 9.04. The smallest absolute Gasteiger partial charge is 1.00 e. The van der Waals surface area contributed by atoms with Gasteiger partial charge in [-0.2, -0.15) is 0 Å². The molecule has 310 valence electrons. The van der Waals surface area contributed by atoms with Gasteiger partial charge in [0.1, 0.15) is 23.0 Å². The van der Waals surface area contributed by atoms with Crippen molar-refractivity contribution < 1.29 is 139 Å². The van der Waals surface area contributed by atoms with Gasteiger partial charge >= 0.3 is 103 Å². The molecule has 0 heterocycles. The van der Waals surface area contributed by atoms with Gasteiger partial charge < -0.3 is 31.3 Å². The van der Waals surface area contributed by atoms with E-state index in [-0.39, 0.29) is 122 Å². The zero-order valence-electron chi connectivity index (χ0n) is 34.9. The molecular weight excluding hydrogens is 1100 g/mol. The van der Waals surface area contributed by atoms with Crippen molar-refractivity contribution in [2.24, 2.45) is 0 Å². The monoisotopic (exact) mass is 1140 g/mol. The quantitative estimate of drug-likeness (QED) is 0.0193. The van der Waals surface area contributed by atoms with Crippen molar-refractivity contribution >= 4 is 100 Å². The van der Waals surface area contributed by atoms with E-state index in [1.165, 1.54) is 34.4 Å². The Hall–Kier alpha value is -0.567. The number of rotatable bonds is 17. The van der Waals surface area contributed by atoms with Crippen molar-refractivity contribution in [3.05, 3.63) is 168 Å². The number of phenolic OH excluding ortho intramolecular Hbond substituents is 2. The van der Waals surface area contributed by atoms with Gasteiger partial charge in [-0.15, -0.1) is 11.6 Å². The van der Waals surface area contributed by atoms with E-state index in [2.05, 4.69) is 161 Å². The second-order valence-corrected chi connectivity index (χ2v) is 16.0. The minimum atomic E-state index is -0.181. The molecule has 2 N–H and O–H groups in total. The number of hydrogen-bond donors (Lipinski definition) is 2. The van der Waals surface area contributed by atoms with Crippen molar-refractivity contribution in [2.45, 2.75) is 38.5 Å². The Morgan fingerprint density at radius 2 is 0.867 bits per heavy atom. The number of benzene rings is 5. The molecule has 0 amide bonds. The molecule has 0 radical (unpaired) electrons. The Morgan fingerprint density at radius 1 is 0.567 bits per heavy atom. The Balaban J connectivity index is 0. The molecule has 7 nitrogen and oxygen atoms in total. The van der Waals surface area contributed by atoms with E-state index in [1.807, 2.05) is 30.4 Å². The Morgan fingerprint density at radius 3 is 1.13 bits per heavy atom. The van der Waals surface area contributed by atoms with Crippen LogP contribution in [-0.4, -0.2) is 35.8 Å². The molecule has 0 aliphatic carbocycles. The van der Waals surface area contributed by atoms with Crippen LogP contribution < -0.4 is 118 Å². The largest absolute Gasteiger partial charge is 1.00 e. The first-order valence-electron chi connectivity index (χ1n) is 18.0. The van der Waals surface area contributed by atoms with Crippen molar-refractivity contribution in [1.82, 2.24) is 0 Å². The van der Waals surface area contributed by atoms with Crippen molar-refractivity contribution in [1.29, 1.82) is 0 Å². The van der Waals surface area contributed by atoms with Crippen LogP contribution in [-0.2, 0) is 28.9 Å². The molecule has 0 aliphatic heterocycles. The Kier molecular flexibility index (Phi) is 35.4. The molecular formula is C46H47Br4ClK2O7. The van der Waals surface area contributed by atoms with E-state index in [9.17, 15) is 0 Å². The van der Waals surface area contributed by atoms with Gasteiger partial charge in [-0.1, -0.05) is 111 Å². The average molecular weight is 1150 g/mol. The third-order valence-electron chi connectivity index (χ3n) is 8.02. The van der Waals surface area contributed by atoms with Gasteiger partial charge in [-0.25, -0.2) is 0 Å². The van der Waals surface area contributed by atoms with Crippen LogP contribution in [0.3, 0.4) is 0 Å². The number of ether oxygens (including phenoxy) is 2. The number of hydrogen-bond acceptors (Lipinski definition) is 7. The first-order valence-corrected chi connectivity index (χ1v) is 21.7. The predicted octanol–water partition coefficient (Wildman–Crippen LogP) is 7.20. The molecule has 0 fully saturated rings. The van der Waals surface area contributed by atoms with Gasteiger partial charge in [0.15, 0.2) is 0 Å². The molecule has 5 aromatic carbocycles. The summed E-state index contributed by atoms with van der Waals surface area (Å²) in [7, 11) is 0. The third kappa shape index (κ3) is 24.5. The third-order valence-corrected chi connectivity index (χ3v) is 10.8. The zero-order valence-corrected chi connectivity index (χ0v) is 47.2. The van der Waals surface area contributed by atoms with Crippen LogP contribution in [0.2, 0.25) is 0 Å². The number of carbonyl (C=O) groups is 1. The maximum atomic E-state index is 9.04. The van der Waals surface area contributed by atoms with Gasteiger partial charge in [0.2, 0.25) is 0 Å². The first-order chi connectivity index (χ1) is 28.0. The summed E-state index contributed by atoms with van der Waals surface area (Å²) in [6.45, 7) is 12.4. The van der Waals surface area contributed by atoms with Crippen LogP contribution in [0, 0.1) is 0 Å². The summed E-state index contributed by atoms with van der Waals surface area (Å²) < 4.78 is 14.7. The summed E-state index contributed by atoms with van der Waals surface area (Å²) in [5.74, 6) is 2.57. The maximum Gasteiger partial charge on any atom is 1.00 e. The molecule has 0 saturated carbocycles. The Labute approximate surface area is 479 Å². The zero-order chi connectivity index (χ0) is 42.7. The minimum Gasteiger partial charge on any atom is -1.00 e. The standard InChI is InChI=1S/C28H28Br2O2.C11H13Cl.C6H4Br2O2.CH2O3.2K.H/c1-3-21-9-13-23(14-10-21)7-5-17-31-27-19-26(30)28(20-25(27)29)32-18-6-8-24-15-11-22(4-2)12-16-24;1-2-10-5-7-11(8-6-10)4-3-9-12;7-3-1-5(9)4(8)2-6(3)10;2-1-4-3;;;/h3-4,9-16,19-20H,1-2,5-8,17-18H2;2,5-8H,1,3-4,9H2;1-2,9-10H;1,3H;;;/q;;;;2*+1;-1/p-1. The summed E-state index contributed by atoms with van der Waals surface area (Å²) in [5, 5.41) is 26.5. The molecule has 0 bridgehead atoms. The second kappa shape index (κ2) is 35.7. The van der Waals surface area contributed by atoms with Crippen LogP contribution in [0.1, 0.15) is 54.1 Å². The van der Waals surface area contributed by atoms with Crippen LogP contribution in [0.15, 0.2) is 135 Å². The van der Waals surface area contributed by atoms with Gasteiger partial charge in [0, 0.05) is 5.88 Å². The van der Waals surface area contributed by atoms with Crippen molar-refractivity contribution in [3.8, 4) is 23.0 Å². The average Bonchev–Trinajstić information content (AvgIpc) is 3.25. The van der Waals surface area contributed by atoms with E-state index in [4.69, 9.17) is 41.3 Å². The molecule has 5 rings (SSSR count). The fourth-order valence-corrected chi connectivity index (χ4v) is 6.58. The summed E-state index contributed by atoms with van der Waals surface area (Å²) in [5.41, 5.74) is 7.41. The van der Waals surface area contributed by atoms with Crippen molar-refractivity contribution in [2.75, 3.05) is 19.1 Å². The molecule has 0 aromatic heterocycles. The molecule has 0 saturated heterocycles. The van der Waals surface area contributed by atoms with Crippen LogP contribution in [0.4, 0.5) is 0 Å². The van der Waals surface area contributed by atoms with E-state index >= 15 is 0 Å². The van der Waals surface area contributed by atoms with Crippen molar-refractivity contribution in [3.63, 3.8) is 0 Å². The number of halogens is 5. The summed E-state index contributed by atoms with van der Waals surface area (Å²) in [6, 6.07) is 32.1. The predicted molar refractivity (Wildman–Crippen MR) is 252 cm³/mol. The number of phenols is 2. The SMILES string of the molecule is C=Cc1ccc(CCCCl)cc1.C=Cc1ccc(CCCOc2cc(Br)c(OCCCc3ccc(C=C)cc3)cc2Br)cc1.O=CO[O-].Oc1cc(Br)c(O)cc1Br.[H-].[K+].[K+]. The van der Waals surface area contributed by atoms with Crippen LogP contribution in [0.5, 0.6) is 23.0 Å². The van der Waals surface area contributed by atoms with E-state index in [1.54, 1.807) is 0 Å². The van der Waals surface area contributed by atoms with E-state index in [0.717, 1.165) is 76.0 Å². The van der Waals surface area contributed by atoms with E-state index < -0.39 is 0 Å². The van der Waals surface area contributed by atoms with Gasteiger partial charge in [0.05, 0.1) is 31.1 Å². The molecule has 0 atom stereocenters. The molecule has 5 aromatic rings. The summed E-state index contributed by atoms with van der Waals surface area (Å²) >= 11 is 18.9.